The average molecular weight is 294 g/mol. The molecule has 19 heavy (non-hydrogen) atoms. The molecular formula is C13H28ClN3O2. The Morgan fingerprint density at radius 3 is 2.11 bits per heavy atom. The number of carbonyl (C=O) groups excluding carboxylic acids is 2. The van der Waals surface area contributed by atoms with E-state index < -0.39 is 5.54 Å². The van der Waals surface area contributed by atoms with Crippen molar-refractivity contribution in [1.29, 1.82) is 0 Å². The molecule has 0 aromatic carbocycles. The lowest BCUT2D eigenvalue weighted by atomic mass is 10.1. The van der Waals surface area contributed by atoms with Gasteiger partial charge in [-0.1, -0.05) is 0 Å². The lowest BCUT2D eigenvalue weighted by Gasteiger charge is -2.19. The van der Waals surface area contributed by atoms with Crippen molar-refractivity contribution in [1.82, 2.24) is 10.2 Å². The fraction of sp³-hybridized carbons (Fsp3) is 0.846. The van der Waals surface area contributed by atoms with Gasteiger partial charge >= 0.3 is 0 Å². The van der Waals surface area contributed by atoms with Crippen LogP contribution in [-0.4, -0.2) is 41.9 Å². The Kier molecular flexibility index (Phi) is 10.8. The molecule has 0 aromatic heterocycles. The molecule has 0 rings (SSSR count). The maximum Gasteiger partial charge on any atom is 0.222 e. The van der Waals surface area contributed by atoms with Gasteiger partial charge in [0.05, 0.1) is 0 Å². The molecule has 0 spiro atoms. The summed E-state index contributed by atoms with van der Waals surface area (Å²) in [5, 5.41) is 2.76. The van der Waals surface area contributed by atoms with Gasteiger partial charge in [-0.3, -0.25) is 9.59 Å². The van der Waals surface area contributed by atoms with Gasteiger partial charge in [-0.2, -0.15) is 0 Å². The van der Waals surface area contributed by atoms with Crippen LogP contribution in [0.15, 0.2) is 0 Å². The molecule has 0 fully saturated rings. The molecule has 0 bridgehead atoms. The molecule has 0 aliphatic carbocycles. The fourth-order valence-corrected chi connectivity index (χ4v) is 1.55. The second kappa shape index (κ2) is 10.0. The van der Waals surface area contributed by atoms with E-state index >= 15 is 0 Å². The molecule has 0 heterocycles. The number of nitrogens with two attached hydrogens (primary N) is 1. The third-order valence-corrected chi connectivity index (χ3v) is 2.65. The number of amides is 2. The topological polar surface area (TPSA) is 75.4 Å². The second-order valence-electron chi connectivity index (χ2n) is 5.18. The van der Waals surface area contributed by atoms with Crippen molar-refractivity contribution in [3.8, 4) is 0 Å². The zero-order chi connectivity index (χ0) is 14.2. The van der Waals surface area contributed by atoms with Gasteiger partial charge in [0.15, 0.2) is 0 Å². The SMILES string of the molecule is CCN(CC)C(=O)CCCC(=O)NCC(C)(C)N.Cl. The number of rotatable bonds is 8. The molecular weight excluding hydrogens is 266 g/mol. The molecule has 0 aromatic rings. The molecule has 0 radical (unpaired) electrons. The third-order valence-electron chi connectivity index (χ3n) is 2.65. The summed E-state index contributed by atoms with van der Waals surface area (Å²) in [7, 11) is 0. The summed E-state index contributed by atoms with van der Waals surface area (Å²) in [5.74, 6) is 0.0767. The highest BCUT2D eigenvalue weighted by atomic mass is 35.5. The van der Waals surface area contributed by atoms with Crippen LogP contribution in [0, 0.1) is 0 Å². The van der Waals surface area contributed by atoms with Crippen LogP contribution in [0.3, 0.4) is 0 Å². The number of nitrogens with zero attached hydrogens (tertiary/aromatic N) is 1. The van der Waals surface area contributed by atoms with Crippen molar-refractivity contribution in [3.63, 3.8) is 0 Å². The minimum atomic E-state index is -0.396. The highest BCUT2D eigenvalue weighted by molar-refractivity contribution is 5.85. The lowest BCUT2D eigenvalue weighted by Crippen LogP contribution is -2.45. The van der Waals surface area contributed by atoms with Gasteiger partial charge < -0.3 is 16.0 Å². The number of hydrogen-bond donors (Lipinski definition) is 2. The average Bonchev–Trinajstić information content (AvgIpc) is 2.27. The van der Waals surface area contributed by atoms with E-state index in [0.717, 1.165) is 13.1 Å². The molecule has 2 amide bonds. The van der Waals surface area contributed by atoms with Crippen LogP contribution in [0.25, 0.3) is 0 Å². The van der Waals surface area contributed by atoms with Crippen LogP contribution in [0.5, 0.6) is 0 Å². The van der Waals surface area contributed by atoms with Gasteiger partial charge in [0, 0.05) is 38.0 Å². The predicted molar refractivity (Wildman–Crippen MR) is 80.3 cm³/mol. The first-order chi connectivity index (χ1) is 8.30. The van der Waals surface area contributed by atoms with Crippen LogP contribution in [-0.2, 0) is 9.59 Å². The van der Waals surface area contributed by atoms with E-state index in [4.69, 9.17) is 5.73 Å². The molecule has 114 valence electrons. The Labute approximate surface area is 122 Å². The minimum absolute atomic E-state index is 0. The minimum Gasteiger partial charge on any atom is -0.354 e. The van der Waals surface area contributed by atoms with Gasteiger partial charge in [-0.05, 0) is 34.1 Å². The van der Waals surface area contributed by atoms with Gasteiger partial charge in [0.25, 0.3) is 0 Å². The summed E-state index contributed by atoms with van der Waals surface area (Å²) in [6.45, 7) is 9.53. The molecule has 0 saturated carbocycles. The van der Waals surface area contributed by atoms with Crippen molar-refractivity contribution in [2.45, 2.75) is 52.5 Å². The number of carbonyl (C=O) groups is 2. The Balaban J connectivity index is 0. The van der Waals surface area contributed by atoms with Gasteiger partial charge in [-0.25, -0.2) is 0 Å². The summed E-state index contributed by atoms with van der Waals surface area (Å²) in [4.78, 5) is 24.9. The van der Waals surface area contributed by atoms with Crippen LogP contribution >= 0.6 is 12.4 Å². The van der Waals surface area contributed by atoms with Crippen LogP contribution in [0.1, 0.15) is 47.0 Å². The number of hydrogen-bond acceptors (Lipinski definition) is 3. The van der Waals surface area contributed by atoms with E-state index in [0.29, 0.717) is 25.8 Å². The van der Waals surface area contributed by atoms with E-state index in [2.05, 4.69) is 5.32 Å². The van der Waals surface area contributed by atoms with Crippen molar-refractivity contribution >= 4 is 24.2 Å². The van der Waals surface area contributed by atoms with Crippen molar-refractivity contribution < 1.29 is 9.59 Å². The third kappa shape index (κ3) is 10.8. The van der Waals surface area contributed by atoms with Gasteiger partial charge in [-0.15, -0.1) is 12.4 Å². The highest BCUT2D eigenvalue weighted by Gasteiger charge is 2.13. The monoisotopic (exact) mass is 293 g/mol. The zero-order valence-electron chi connectivity index (χ0n) is 12.5. The quantitative estimate of drug-likeness (QED) is 0.708. The van der Waals surface area contributed by atoms with Crippen molar-refractivity contribution in [2.24, 2.45) is 5.73 Å². The molecule has 0 aliphatic heterocycles. The molecule has 0 unspecified atom stereocenters. The van der Waals surface area contributed by atoms with Crippen molar-refractivity contribution in [3.05, 3.63) is 0 Å². The molecule has 0 saturated heterocycles. The van der Waals surface area contributed by atoms with E-state index in [-0.39, 0.29) is 24.2 Å². The first-order valence-corrected chi connectivity index (χ1v) is 6.63. The molecule has 5 nitrogen and oxygen atoms in total. The Morgan fingerprint density at radius 1 is 1.16 bits per heavy atom. The summed E-state index contributed by atoms with van der Waals surface area (Å²) in [6.07, 6.45) is 1.40. The second-order valence-corrected chi connectivity index (χ2v) is 5.18. The van der Waals surface area contributed by atoms with Crippen LogP contribution < -0.4 is 11.1 Å². The van der Waals surface area contributed by atoms with E-state index in [1.54, 1.807) is 4.90 Å². The largest absolute Gasteiger partial charge is 0.354 e. The van der Waals surface area contributed by atoms with Crippen molar-refractivity contribution in [2.75, 3.05) is 19.6 Å². The summed E-state index contributed by atoms with van der Waals surface area (Å²) in [6, 6.07) is 0. The Bertz CT molecular complexity index is 274. The van der Waals surface area contributed by atoms with E-state index in [1.165, 1.54) is 0 Å². The molecule has 0 aliphatic rings. The fourth-order valence-electron chi connectivity index (χ4n) is 1.55. The highest BCUT2D eigenvalue weighted by Crippen LogP contribution is 2.01. The van der Waals surface area contributed by atoms with Gasteiger partial charge in [0.1, 0.15) is 0 Å². The lowest BCUT2D eigenvalue weighted by molar-refractivity contribution is -0.131. The van der Waals surface area contributed by atoms with E-state index in [1.807, 2.05) is 27.7 Å². The van der Waals surface area contributed by atoms with Crippen LogP contribution in [0.4, 0.5) is 0 Å². The maximum atomic E-state index is 11.7. The van der Waals surface area contributed by atoms with E-state index in [9.17, 15) is 9.59 Å². The zero-order valence-corrected chi connectivity index (χ0v) is 13.3. The summed E-state index contributed by atoms with van der Waals surface area (Å²) in [5.41, 5.74) is 5.36. The Morgan fingerprint density at radius 2 is 1.68 bits per heavy atom. The molecule has 6 heteroatoms. The standard InChI is InChI=1S/C13H27N3O2.ClH/c1-5-16(6-2)12(18)9-7-8-11(17)15-10-13(3,4)14;/h5-10,14H2,1-4H3,(H,15,17);1H. The molecule has 0 atom stereocenters. The first kappa shape index (κ1) is 20.5. The predicted octanol–water partition coefficient (Wildman–Crippen LogP) is 1.30. The van der Waals surface area contributed by atoms with Gasteiger partial charge in [0.2, 0.25) is 11.8 Å². The summed E-state index contributed by atoms with van der Waals surface area (Å²) < 4.78 is 0. The normalized spacial score (nSPS) is 10.6. The Hall–Kier alpha value is -0.810. The number of halogens is 1. The smallest absolute Gasteiger partial charge is 0.222 e. The molecule has 3 N–H and O–H groups in total. The van der Waals surface area contributed by atoms with Crippen LogP contribution in [0.2, 0.25) is 0 Å². The summed E-state index contributed by atoms with van der Waals surface area (Å²) >= 11 is 0. The number of nitrogens with one attached hydrogen (secondary N) is 1. The maximum absolute atomic E-state index is 11.7. The first-order valence-electron chi connectivity index (χ1n) is 6.63.